The van der Waals surface area contributed by atoms with Crippen LogP contribution in [0.4, 0.5) is 9.50 Å². The molecule has 0 unspecified atom stereocenters. The summed E-state index contributed by atoms with van der Waals surface area (Å²) in [4.78, 5) is 16.8. The van der Waals surface area contributed by atoms with Crippen LogP contribution in [0.2, 0.25) is 0 Å². The lowest BCUT2D eigenvalue weighted by atomic mass is 9.81. The summed E-state index contributed by atoms with van der Waals surface area (Å²) in [5.74, 6) is 1.85. The lowest BCUT2D eigenvalue weighted by Gasteiger charge is -2.36. The normalized spacial score (nSPS) is 19.8. The largest absolute Gasteiger partial charge is 0.508 e. The van der Waals surface area contributed by atoms with Gasteiger partial charge in [-0.1, -0.05) is 84.9 Å². The van der Waals surface area contributed by atoms with Crippen molar-refractivity contribution in [3.8, 4) is 11.5 Å². The first kappa shape index (κ1) is 40.4. The Bertz CT molecular complexity index is 1560. The summed E-state index contributed by atoms with van der Waals surface area (Å²) in [6.07, 6.45) is 13.3. The number of hydrogen-bond acceptors (Lipinski definition) is 5. The molecule has 7 heteroatoms. The van der Waals surface area contributed by atoms with Crippen LogP contribution in [-0.2, 0) is 17.6 Å². The molecule has 0 bridgehead atoms. The molecule has 2 saturated carbocycles. The minimum atomic E-state index is -0.212. The number of benzene rings is 4. The molecule has 6 rings (SSSR count). The monoisotopic (exact) mass is 714 g/mol. The van der Waals surface area contributed by atoms with Gasteiger partial charge in [0.25, 0.3) is 0 Å². The van der Waals surface area contributed by atoms with Gasteiger partial charge < -0.3 is 24.7 Å². The summed E-state index contributed by atoms with van der Waals surface area (Å²) in [5, 5.41) is 18.9. The molecular formula is C45H61FN2O4. The third-order valence-corrected chi connectivity index (χ3v) is 11.1. The fourth-order valence-electron chi connectivity index (χ4n) is 8.06. The smallest absolute Gasteiger partial charge is 0.409 e. The van der Waals surface area contributed by atoms with E-state index >= 15 is 0 Å². The van der Waals surface area contributed by atoms with Crippen LogP contribution >= 0.6 is 0 Å². The highest BCUT2D eigenvalue weighted by atomic mass is 19.0. The van der Waals surface area contributed by atoms with Gasteiger partial charge in [-0.15, -0.1) is 0 Å². The fraction of sp³-hybridized carbons (Fsp3) is 0.444. The lowest BCUT2D eigenvalue weighted by Crippen LogP contribution is -2.42. The molecule has 0 saturated heterocycles. The molecule has 2 N–H and O–H groups in total. The number of nitrogens with zero attached hydrogens (tertiary/aromatic N) is 2. The van der Waals surface area contributed by atoms with Gasteiger partial charge in [0.1, 0.15) is 11.5 Å². The molecule has 1 amide bonds. The molecule has 0 heterocycles. The first-order valence-electron chi connectivity index (χ1n) is 19.1. The summed E-state index contributed by atoms with van der Waals surface area (Å²) in [6, 6.07) is 37.5. The van der Waals surface area contributed by atoms with Gasteiger partial charge >= 0.3 is 6.09 Å². The molecule has 0 aliphatic heterocycles. The van der Waals surface area contributed by atoms with E-state index in [0.717, 1.165) is 51.1 Å². The van der Waals surface area contributed by atoms with Crippen LogP contribution in [0.15, 0.2) is 109 Å². The molecule has 4 aromatic rings. The summed E-state index contributed by atoms with van der Waals surface area (Å²) >= 11 is 0. The number of phenolic OH excluding ortho intramolecular Hbond substituents is 2. The number of methoxy groups -OCH3 is 1. The predicted molar refractivity (Wildman–Crippen MR) is 212 cm³/mol. The van der Waals surface area contributed by atoms with E-state index in [1.807, 2.05) is 35.2 Å². The molecule has 0 radical (unpaired) electrons. The Kier molecular flexibility index (Phi) is 16.5. The number of carbonyl (C=O) groups is 1. The summed E-state index contributed by atoms with van der Waals surface area (Å²) < 4.78 is 5.05. The van der Waals surface area contributed by atoms with Gasteiger partial charge in [0.2, 0.25) is 0 Å². The number of halogens is 1. The maximum absolute atomic E-state index is 12.3. The van der Waals surface area contributed by atoms with Crippen molar-refractivity contribution in [3.63, 3.8) is 0 Å². The van der Waals surface area contributed by atoms with Gasteiger partial charge in [0, 0.05) is 20.1 Å². The lowest BCUT2D eigenvalue weighted by molar-refractivity contribution is 0.0910. The van der Waals surface area contributed by atoms with E-state index in [-0.39, 0.29) is 18.3 Å². The summed E-state index contributed by atoms with van der Waals surface area (Å²) in [6.45, 7) is 1.92. The van der Waals surface area contributed by atoms with Gasteiger partial charge in [0.05, 0.1) is 7.11 Å². The Morgan fingerprint density at radius 2 is 1.02 bits per heavy atom. The third kappa shape index (κ3) is 12.4. The first-order chi connectivity index (χ1) is 24.9. The molecule has 0 aromatic heterocycles. The number of ether oxygens (including phenoxy) is 1. The number of amides is 1. The minimum absolute atomic E-state index is 0. The number of rotatable bonds is 12. The average molecular weight is 715 g/mol. The molecule has 2 aliphatic rings. The third-order valence-electron chi connectivity index (χ3n) is 11.1. The van der Waals surface area contributed by atoms with Crippen LogP contribution in [0.25, 0.3) is 0 Å². The highest BCUT2D eigenvalue weighted by Crippen LogP contribution is 2.36. The Labute approximate surface area is 312 Å². The fourth-order valence-corrected chi connectivity index (χ4v) is 8.06. The van der Waals surface area contributed by atoms with E-state index in [1.165, 1.54) is 74.4 Å². The summed E-state index contributed by atoms with van der Waals surface area (Å²) in [5.41, 5.74) is 5.42. The van der Waals surface area contributed by atoms with Crippen LogP contribution in [-0.4, -0.2) is 65.4 Å². The van der Waals surface area contributed by atoms with Crippen molar-refractivity contribution >= 4 is 6.09 Å². The quantitative estimate of drug-likeness (QED) is 0.153. The molecule has 52 heavy (non-hydrogen) atoms. The standard InChI is InChI=1S/C23H29NO3.C22H29NO.FH.H2/c1-27-23(26)24(17-5-8-18-6-3-2-4-7-18)21-13-9-19(10-14-21)20-11-15-22(25)16-12-20;1-23(17-5-8-18-6-3-2-4-7-18)21-13-9-19(10-14-21)20-11-15-22(24)16-12-20;;/h2-4,6-7,11-12,15-16,19,21,25H,5,8-10,13-14,17H2,1H3;2-4,6-7,11-12,15-16,19,21,24H,5,8-10,13-14,17H2,1H3;2*1H/i;;;1+2. The van der Waals surface area contributed by atoms with E-state index in [2.05, 4.69) is 78.7 Å². The zero-order valence-corrected chi connectivity index (χ0v) is 31.1. The van der Waals surface area contributed by atoms with E-state index in [1.54, 1.807) is 12.1 Å². The second-order valence-corrected chi connectivity index (χ2v) is 14.5. The van der Waals surface area contributed by atoms with Crippen LogP contribution < -0.4 is 0 Å². The molecule has 6 nitrogen and oxygen atoms in total. The van der Waals surface area contributed by atoms with E-state index in [9.17, 15) is 15.0 Å². The zero-order valence-electron chi connectivity index (χ0n) is 31.1. The Balaban J connectivity index is 0.000000277. The summed E-state index contributed by atoms with van der Waals surface area (Å²) in [7, 11) is 3.76. The molecular weight excluding hydrogens is 652 g/mol. The van der Waals surface area contributed by atoms with Crippen molar-refractivity contribution in [2.75, 3.05) is 27.2 Å². The van der Waals surface area contributed by atoms with Crippen LogP contribution in [0.1, 0.15) is 99.7 Å². The maximum Gasteiger partial charge on any atom is 0.409 e. The van der Waals surface area contributed by atoms with Gasteiger partial charge in [-0.25, -0.2) is 4.79 Å². The van der Waals surface area contributed by atoms with Crippen molar-refractivity contribution in [2.24, 2.45) is 0 Å². The second kappa shape index (κ2) is 21.2. The molecule has 2 fully saturated rings. The second-order valence-electron chi connectivity index (χ2n) is 14.5. The van der Waals surface area contributed by atoms with Gasteiger partial charge in [-0.3, -0.25) is 4.70 Å². The number of hydrogen-bond donors (Lipinski definition) is 2. The maximum atomic E-state index is 12.3. The number of aryl methyl sites for hydroxylation is 2. The van der Waals surface area contributed by atoms with Gasteiger partial charge in [-0.05, 0) is 149 Å². The Morgan fingerprint density at radius 3 is 1.44 bits per heavy atom. The van der Waals surface area contributed by atoms with Gasteiger partial charge in [0.15, 0.2) is 0 Å². The number of aromatic hydroxyl groups is 2. The van der Waals surface area contributed by atoms with Crippen LogP contribution in [0, 0.1) is 0 Å². The zero-order chi connectivity index (χ0) is 35.8. The van der Waals surface area contributed by atoms with Crippen LogP contribution in [0.3, 0.4) is 0 Å². The van der Waals surface area contributed by atoms with Gasteiger partial charge in [-0.2, -0.15) is 0 Å². The molecule has 2 aliphatic carbocycles. The van der Waals surface area contributed by atoms with Crippen molar-refractivity contribution in [3.05, 3.63) is 131 Å². The molecule has 282 valence electrons. The predicted octanol–water partition coefficient (Wildman–Crippen LogP) is 10.5. The molecule has 0 atom stereocenters. The number of carbonyl (C=O) groups excluding carboxylic acids is 1. The Hall–Kier alpha value is -4.36. The highest BCUT2D eigenvalue weighted by molar-refractivity contribution is 5.67. The highest BCUT2D eigenvalue weighted by Gasteiger charge is 2.30. The molecule has 0 spiro atoms. The van der Waals surface area contributed by atoms with E-state index < -0.39 is 0 Å². The first-order valence-corrected chi connectivity index (χ1v) is 19.1. The molecule has 4 aromatic carbocycles. The Morgan fingerprint density at radius 1 is 0.615 bits per heavy atom. The van der Waals surface area contributed by atoms with Crippen molar-refractivity contribution in [1.82, 2.24) is 9.80 Å². The number of phenols is 2. The van der Waals surface area contributed by atoms with Crippen LogP contribution in [0.5, 0.6) is 11.5 Å². The van der Waals surface area contributed by atoms with Crippen molar-refractivity contribution in [2.45, 2.75) is 101 Å². The topological polar surface area (TPSA) is 73.2 Å². The van der Waals surface area contributed by atoms with E-state index in [0.29, 0.717) is 23.3 Å². The SMILES string of the molecule is CN(CCCc1ccccc1)C1CCC(c2ccc(O)cc2)CC1.COC(=O)N(CCCc1ccccc1)C1CCC(c2ccc(O)cc2)CC1.F.[3HH]. The van der Waals surface area contributed by atoms with Crippen molar-refractivity contribution in [1.29, 1.82) is 0 Å². The van der Waals surface area contributed by atoms with E-state index in [4.69, 9.17) is 4.74 Å². The minimum Gasteiger partial charge on any atom is -0.508 e. The van der Waals surface area contributed by atoms with Crippen molar-refractivity contribution < 1.29 is 25.9 Å². The average Bonchev–Trinajstić information content (AvgIpc) is 3.18.